The van der Waals surface area contributed by atoms with Gasteiger partial charge in [0.25, 0.3) is 0 Å². The van der Waals surface area contributed by atoms with Crippen molar-refractivity contribution in [2.75, 3.05) is 0 Å². The molecule has 0 radical (unpaired) electrons. The summed E-state index contributed by atoms with van der Waals surface area (Å²) >= 11 is 6.09. The van der Waals surface area contributed by atoms with Crippen molar-refractivity contribution in [1.82, 2.24) is 4.98 Å². The van der Waals surface area contributed by atoms with Crippen LogP contribution in [0.4, 0.5) is 0 Å². The molecule has 5 aromatic rings. The van der Waals surface area contributed by atoms with Crippen molar-refractivity contribution in [2.45, 2.75) is 5.92 Å². The number of hydrogen-bond acceptors (Lipinski definition) is 2. The van der Waals surface area contributed by atoms with Crippen LogP contribution in [0.5, 0.6) is 0 Å². The molecule has 0 aliphatic heterocycles. The lowest BCUT2D eigenvalue weighted by Crippen LogP contribution is -2.05. The van der Waals surface area contributed by atoms with Gasteiger partial charge < -0.3 is 4.42 Å². The normalized spacial score (nSPS) is 11.0. The number of halogens is 1. The van der Waals surface area contributed by atoms with Crippen LogP contribution < -0.4 is 0 Å². The lowest BCUT2D eigenvalue weighted by atomic mass is 9.87. The van der Waals surface area contributed by atoms with Gasteiger partial charge >= 0.3 is 0 Å². The second-order valence-electron chi connectivity index (χ2n) is 7.36. The third-order valence-electron chi connectivity index (χ3n) is 5.32. The second-order valence-corrected chi connectivity index (χ2v) is 7.80. The predicted octanol–water partition coefficient (Wildman–Crippen LogP) is 7.84. The Labute approximate surface area is 186 Å². The maximum atomic E-state index is 6.40. The molecule has 0 N–H and O–H groups in total. The van der Waals surface area contributed by atoms with E-state index in [4.69, 9.17) is 21.0 Å². The predicted molar refractivity (Wildman–Crippen MR) is 126 cm³/mol. The highest BCUT2D eigenvalue weighted by Gasteiger charge is 2.26. The molecule has 0 saturated heterocycles. The Morgan fingerprint density at radius 2 is 1.10 bits per heavy atom. The van der Waals surface area contributed by atoms with E-state index in [9.17, 15) is 0 Å². The maximum absolute atomic E-state index is 6.40. The Balaban J connectivity index is 1.74. The van der Waals surface area contributed by atoms with Gasteiger partial charge in [-0.15, -0.1) is 0 Å². The van der Waals surface area contributed by atoms with E-state index in [0.717, 1.165) is 22.6 Å². The molecule has 0 spiro atoms. The molecule has 0 amide bonds. The van der Waals surface area contributed by atoms with Gasteiger partial charge in [0.1, 0.15) is 0 Å². The zero-order valence-corrected chi connectivity index (χ0v) is 17.5. The highest BCUT2D eigenvalue weighted by molar-refractivity contribution is 6.30. The van der Waals surface area contributed by atoms with E-state index < -0.39 is 0 Å². The van der Waals surface area contributed by atoms with E-state index in [2.05, 4.69) is 60.7 Å². The van der Waals surface area contributed by atoms with Gasteiger partial charge in [-0.2, -0.15) is 0 Å². The summed E-state index contributed by atoms with van der Waals surface area (Å²) in [5.74, 6) is 1.31. The number of benzene rings is 4. The number of nitrogens with zero attached hydrogens (tertiary/aromatic N) is 1. The standard InChI is InChI=1S/C28H20ClNO/c29-24-18-16-23(17-19-24)28-30-26(27(31-28)22-14-8-3-9-15-22)25(20-10-4-1-5-11-20)21-12-6-2-7-13-21/h1-19,25H. The summed E-state index contributed by atoms with van der Waals surface area (Å²) in [7, 11) is 0. The van der Waals surface area contributed by atoms with Crippen LogP contribution in [0.2, 0.25) is 5.02 Å². The first-order valence-electron chi connectivity index (χ1n) is 10.2. The van der Waals surface area contributed by atoms with E-state index in [-0.39, 0.29) is 5.92 Å². The molecule has 0 fully saturated rings. The molecule has 31 heavy (non-hydrogen) atoms. The summed E-state index contributed by atoms with van der Waals surface area (Å²) in [4.78, 5) is 5.03. The lowest BCUT2D eigenvalue weighted by Gasteiger charge is -2.17. The molecule has 0 aliphatic carbocycles. The van der Waals surface area contributed by atoms with Gasteiger partial charge in [-0.3, -0.25) is 0 Å². The topological polar surface area (TPSA) is 26.0 Å². The van der Waals surface area contributed by atoms with Crippen LogP contribution in [-0.2, 0) is 0 Å². The van der Waals surface area contributed by atoms with E-state index >= 15 is 0 Å². The molecule has 0 saturated carbocycles. The first kappa shape index (κ1) is 19.3. The fraction of sp³-hybridized carbons (Fsp3) is 0.0357. The Morgan fingerprint density at radius 3 is 1.65 bits per heavy atom. The van der Waals surface area contributed by atoms with Crippen LogP contribution in [-0.4, -0.2) is 4.98 Å². The third kappa shape index (κ3) is 4.03. The van der Waals surface area contributed by atoms with E-state index in [0.29, 0.717) is 10.9 Å². The van der Waals surface area contributed by atoms with Gasteiger partial charge in [0, 0.05) is 16.1 Å². The molecule has 150 valence electrons. The fourth-order valence-electron chi connectivity index (χ4n) is 3.84. The largest absolute Gasteiger partial charge is 0.436 e. The Hall–Kier alpha value is -3.62. The van der Waals surface area contributed by atoms with Gasteiger partial charge in [-0.05, 0) is 35.4 Å². The van der Waals surface area contributed by atoms with Crippen LogP contribution >= 0.6 is 11.6 Å². The van der Waals surface area contributed by atoms with Crippen LogP contribution in [0.15, 0.2) is 120 Å². The highest BCUT2D eigenvalue weighted by Crippen LogP contribution is 2.40. The zero-order chi connectivity index (χ0) is 21.0. The van der Waals surface area contributed by atoms with Crippen LogP contribution in [0.1, 0.15) is 22.7 Å². The average Bonchev–Trinajstić information content (AvgIpc) is 3.27. The smallest absolute Gasteiger partial charge is 0.227 e. The summed E-state index contributed by atoms with van der Waals surface area (Å²) in [6.45, 7) is 0. The van der Waals surface area contributed by atoms with E-state index in [1.165, 1.54) is 11.1 Å². The molecule has 2 nitrogen and oxygen atoms in total. The summed E-state index contributed by atoms with van der Waals surface area (Å²) in [5, 5.41) is 0.685. The maximum Gasteiger partial charge on any atom is 0.227 e. The molecule has 3 heteroatoms. The molecular weight excluding hydrogens is 402 g/mol. The Bertz CT molecular complexity index is 1220. The quantitative estimate of drug-likeness (QED) is 0.289. The van der Waals surface area contributed by atoms with Crippen LogP contribution in [0.3, 0.4) is 0 Å². The van der Waals surface area contributed by atoms with Crippen LogP contribution in [0.25, 0.3) is 22.8 Å². The molecule has 1 aromatic heterocycles. The fourth-order valence-corrected chi connectivity index (χ4v) is 3.97. The molecule has 1 heterocycles. The molecular formula is C28H20ClNO. The van der Waals surface area contributed by atoms with E-state index in [1.807, 2.05) is 54.6 Å². The summed E-state index contributed by atoms with van der Waals surface area (Å²) in [6, 6.07) is 38.6. The molecule has 0 bridgehead atoms. The minimum absolute atomic E-state index is 0.0533. The third-order valence-corrected chi connectivity index (χ3v) is 5.57. The molecule has 4 aromatic carbocycles. The number of hydrogen-bond donors (Lipinski definition) is 0. The molecule has 0 unspecified atom stereocenters. The average molecular weight is 422 g/mol. The van der Waals surface area contributed by atoms with Gasteiger partial charge in [0.05, 0.1) is 11.6 Å². The van der Waals surface area contributed by atoms with Crippen molar-refractivity contribution in [3.05, 3.63) is 137 Å². The zero-order valence-electron chi connectivity index (χ0n) is 16.8. The second kappa shape index (κ2) is 8.63. The SMILES string of the molecule is Clc1ccc(-c2nc(C(c3ccccc3)c3ccccc3)c(-c3ccccc3)o2)cc1. The highest BCUT2D eigenvalue weighted by atomic mass is 35.5. The van der Waals surface area contributed by atoms with Gasteiger partial charge in [0.15, 0.2) is 5.76 Å². The first-order chi connectivity index (χ1) is 15.3. The minimum atomic E-state index is -0.0533. The Morgan fingerprint density at radius 1 is 0.581 bits per heavy atom. The number of oxazole rings is 1. The summed E-state index contributed by atoms with van der Waals surface area (Å²) in [5.41, 5.74) is 5.13. The van der Waals surface area contributed by atoms with Crippen molar-refractivity contribution in [3.8, 4) is 22.8 Å². The number of aromatic nitrogens is 1. The molecule has 0 aliphatic rings. The van der Waals surface area contributed by atoms with Gasteiger partial charge in [-0.1, -0.05) is 103 Å². The first-order valence-corrected chi connectivity index (χ1v) is 10.6. The monoisotopic (exact) mass is 421 g/mol. The molecule has 5 rings (SSSR count). The van der Waals surface area contributed by atoms with Crippen molar-refractivity contribution < 1.29 is 4.42 Å². The van der Waals surface area contributed by atoms with Gasteiger partial charge in [-0.25, -0.2) is 4.98 Å². The Kier molecular flexibility index (Phi) is 5.39. The minimum Gasteiger partial charge on any atom is -0.436 e. The van der Waals surface area contributed by atoms with Crippen LogP contribution in [0, 0.1) is 0 Å². The van der Waals surface area contributed by atoms with Crippen molar-refractivity contribution in [1.29, 1.82) is 0 Å². The summed E-state index contributed by atoms with van der Waals surface area (Å²) in [6.07, 6.45) is 0. The van der Waals surface area contributed by atoms with Crippen molar-refractivity contribution in [2.24, 2.45) is 0 Å². The molecule has 0 atom stereocenters. The van der Waals surface area contributed by atoms with Crippen molar-refractivity contribution in [3.63, 3.8) is 0 Å². The number of rotatable bonds is 5. The summed E-state index contributed by atoms with van der Waals surface area (Å²) < 4.78 is 6.40. The van der Waals surface area contributed by atoms with E-state index in [1.54, 1.807) is 0 Å². The lowest BCUT2D eigenvalue weighted by molar-refractivity contribution is 0.587. The van der Waals surface area contributed by atoms with Crippen molar-refractivity contribution >= 4 is 11.6 Å². The van der Waals surface area contributed by atoms with Gasteiger partial charge in [0.2, 0.25) is 5.89 Å².